The molecule has 15 heavy (non-hydrogen) atoms. The summed E-state index contributed by atoms with van der Waals surface area (Å²) >= 11 is 0. The predicted molar refractivity (Wildman–Crippen MR) is 64.6 cm³/mol. The van der Waals surface area contributed by atoms with E-state index in [1.165, 1.54) is 17.5 Å². The molecule has 0 amide bonds. The van der Waals surface area contributed by atoms with Gasteiger partial charge < -0.3 is 10.1 Å². The molecule has 0 atom stereocenters. The second-order valence-corrected chi connectivity index (χ2v) is 3.79. The van der Waals surface area contributed by atoms with Gasteiger partial charge in [0.15, 0.2) is 0 Å². The lowest BCUT2D eigenvalue weighted by Gasteiger charge is -2.08. The van der Waals surface area contributed by atoms with Crippen LogP contribution < -0.4 is 10.1 Å². The van der Waals surface area contributed by atoms with Gasteiger partial charge in [0.1, 0.15) is 5.75 Å². The Hall–Kier alpha value is -1.02. The number of benzene rings is 1. The lowest BCUT2D eigenvalue weighted by Crippen LogP contribution is -2.18. The Kier molecular flexibility index (Phi) is 5.19. The number of aryl methyl sites for hydroxylation is 1. The van der Waals surface area contributed by atoms with Crippen LogP contribution in [0.25, 0.3) is 0 Å². The first-order valence-electron chi connectivity index (χ1n) is 5.62. The molecule has 0 spiro atoms. The van der Waals surface area contributed by atoms with Crippen molar-refractivity contribution in [3.05, 3.63) is 29.3 Å². The maximum atomic E-state index is 5.18. The summed E-state index contributed by atoms with van der Waals surface area (Å²) in [6.07, 6.45) is 2.29. The smallest absolute Gasteiger partial charge is 0.119 e. The zero-order chi connectivity index (χ0) is 11.1. The molecule has 2 nitrogen and oxygen atoms in total. The Labute approximate surface area is 92.6 Å². The Morgan fingerprint density at radius 2 is 2.07 bits per heavy atom. The van der Waals surface area contributed by atoms with Gasteiger partial charge in [-0.05, 0) is 56.1 Å². The van der Waals surface area contributed by atoms with Crippen LogP contribution in [0.1, 0.15) is 24.5 Å². The SMILES string of the molecule is CCCNCCc1ccc(OC)cc1C. The first-order valence-corrected chi connectivity index (χ1v) is 5.62. The highest BCUT2D eigenvalue weighted by atomic mass is 16.5. The van der Waals surface area contributed by atoms with E-state index in [-0.39, 0.29) is 0 Å². The van der Waals surface area contributed by atoms with Gasteiger partial charge >= 0.3 is 0 Å². The van der Waals surface area contributed by atoms with Crippen molar-refractivity contribution >= 4 is 0 Å². The van der Waals surface area contributed by atoms with E-state index < -0.39 is 0 Å². The monoisotopic (exact) mass is 207 g/mol. The number of nitrogens with one attached hydrogen (secondary N) is 1. The number of hydrogen-bond acceptors (Lipinski definition) is 2. The topological polar surface area (TPSA) is 21.3 Å². The zero-order valence-corrected chi connectivity index (χ0v) is 9.97. The summed E-state index contributed by atoms with van der Waals surface area (Å²) in [6, 6.07) is 6.28. The highest BCUT2D eigenvalue weighted by Gasteiger charge is 1.99. The molecule has 0 aliphatic heterocycles. The van der Waals surface area contributed by atoms with Gasteiger partial charge in [-0.1, -0.05) is 13.0 Å². The minimum Gasteiger partial charge on any atom is -0.497 e. The largest absolute Gasteiger partial charge is 0.497 e. The van der Waals surface area contributed by atoms with Crippen LogP contribution in [0.15, 0.2) is 18.2 Å². The summed E-state index contributed by atoms with van der Waals surface area (Å²) in [4.78, 5) is 0. The average molecular weight is 207 g/mol. The van der Waals surface area contributed by atoms with E-state index in [1.807, 2.05) is 6.07 Å². The Morgan fingerprint density at radius 1 is 1.27 bits per heavy atom. The lowest BCUT2D eigenvalue weighted by molar-refractivity contribution is 0.414. The van der Waals surface area contributed by atoms with Crippen molar-refractivity contribution < 1.29 is 4.74 Å². The van der Waals surface area contributed by atoms with E-state index in [2.05, 4.69) is 31.3 Å². The lowest BCUT2D eigenvalue weighted by atomic mass is 10.1. The first-order chi connectivity index (χ1) is 7.27. The molecule has 1 aromatic rings. The van der Waals surface area contributed by atoms with E-state index in [4.69, 9.17) is 4.74 Å². The third-order valence-electron chi connectivity index (χ3n) is 2.55. The Balaban J connectivity index is 2.47. The van der Waals surface area contributed by atoms with Gasteiger partial charge in [0.25, 0.3) is 0 Å². The Morgan fingerprint density at radius 3 is 2.67 bits per heavy atom. The highest BCUT2D eigenvalue weighted by Crippen LogP contribution is 2.16. The molecular formula is C13H21NO. The number of methoxy groups -OCH3 is 1. The highest BCUT2D eigenvalue weighted by molar-refractivity contribution is 5.34. The molecule has 0 saturated heterocycles. The van der Waals surface area contributed by atoms with Crippen molar-refractivity contribution in [2.45, 2.75) is 26.7 Å². The number of rotatable bonds is 6. The summed E-state index contributed by atoms with van der Waals surface area (Å²) in [6.45, 7) is 6.49. The molecule has 0 bridgehead atoms. The third kappa shape index (κ3) is 3.92. The molecule has 0 radical (unpaired) electrons. The number of hydrogen-bond donors (Lipinski definition) is 1. The molecule has 0 aliphatic rings. The van der Waals surface area contributed by atoms with Crippen molar-refractivity contribution in [1.29, 1.82) is 0 Å². The van der Waals surface area contributed by atoms with Crippen molar-refractivity contribution in [1.82, 2.24) is 5.32 Å². The molecule has 1 N–H and O–H groups in total. The molecule has 84 valence electrons. The van der Waals surface area contributed by atoms with Crippen LogP contribution in [0.4, 0.5) is 0 Å². The zero-order valence-electron chi connectivity index (χ0n) is 9.97. The van der Waals surface area contributed by atoms with Crippen LogP contribution in [0.3, 0.4) is 0 Å². The summed E-state index contributed by atoms with van der Waals surface area (Å²) < 4.78 is 5.18. The van der Waals surface area contributed by atoms with Crippen molar-refractivity contribution in [3.8, 4) is 5.75 Å². The van der Waals surface area contributed by atoms with Gasteiger partial charge in [-0.2, -0.15) is 0 Å². The normalized spacial score (nSPS) is 10.3. The van der Waals surface area contributed by atoms with Crippen LogP contribution in [-0.2, 0) is 6.42 Å². The molecule has 0 fully saturated rings. The third-order valence-corrected chi connectivity index (χ3v) is 2.55. The molecule has 0 unspecified atom stereocenters. The summed E-state index contributed by atoms with van der Waals surface area (Å²) in [5, 5.41) is 3.41. The maximum absolute atomic E-state index is 5.18. The minimum absolute atomic E-state index is 0.942. The van der Waals surface area contributed by atoms with Gasteiger partial charge in [0, 0.05) is 0 Å². The van der Waals surface area contributed by atoms with Crippen molar-refractivity contribution in [2.24, 2.45) is 0 Å². The molecule has 0 aliphatic carbocycles. The Bertz CT molecular complexity index is 297. The first kappa shape index (κ1) is 12.1. The molecule has 1 aromatic carbocycles. The van der Waals surface area contributed by atoms with Gasteiger partial charge in [-0.15, -0.1) is 0 Å². The van der Waals surface area contributed by atoms with Crippen LogP contribution in [0.2, 0.25) is 0 Å². The second-order valence-electron chi connectivity index (χ2n) is 3.79. The van der Waals surface area contributed by atoms with Crippen molar-refractivity contribution in [3.63, 3.8) is 0 Å². The van der Waals surface area contributed by atoms with Crippen LogP contribution >= 0.6 is 0 Å². The molecule has 2 heteroatoms. The molecule has 0 heterocycles. The fourth-order valence-corrected chi connectivity index (χ4v) is 1.60. The standard InChI is InChI=1S/C13H21NO/c1-4-8-14-9-7-12-5-6-13(15-3)10-11(12)2/h5-6,10,14H,4,7-9H2,1-3H3. The van der Waals surface area contributed by atoms with E-state index in [0.29, 0.717) is 0 Å². The van der Waals surface area contributed by atoms with Gasteiger partial charge in [0.05, 0.1) is 7.11 Å². The van der Waals surface area contributed by atoms with Gasteiger partial charge in [-0.3, -0.25) is 0 Å². The minimum atomic E-state index is 0.942. The fourth-order valence-electron chi connectivity index (χ4n) is 1.60. The fraction of sp³-hybridized carbons (Fsp3) is 0.538. The van der Waals surface area contributed by atoms with Gasteiger partial charge in [0.2, 0.25) is 0 Å². The summed E-state index contributed by atoms with van der Waals surface area (Å²) in [5.74, 6) is 0.942. The van der Waals surface area contributed by atoms with Crippen LogP contribution in [0, 0.1) is 6.92 Å². The molecule has 0 saturated carbocycles. The predicted octanol–water partition coefficient (Wildman–Crippen LogP) is 2.55. The van der Waals surface area contributed by atoms with E-state index in [1.54, 1.807) is 7.11 Å². The molecule has 0 aromatic heterocycles. The summed E-state index contributed by atoms with van der Waals surface area (Å²) in [7, 11) is 1.71. The van der Waals surface area contributed by atoms with E-state index in [9.17, 15) is 0 Å². The summed E-state index contributed by atoms with van der Waals surface area (Å²) in [5.41, 5.74) is 2.71. The van der Waals surface area contributed by atoms with Gasteiger partial charge in [-0.25, -0.2) is 0 Å². The number of ether oxygens (including phenoxy) is 1. The second kappa shape index (κ2) is 6.46. The maximum Gasteiger partial charge on any atom is 0.119 e. The molecule has 1 rings (SSSR count). The quantitative estimate of drug-likeness (QED) is 0.724. The average Bonchev–Trinajstić information content (AvgIpc) is 2.26. The van der Waals surface area contributed by atoms with Crippen LogP contribution in [-0.4, -0.2) is 20.2 Å². The van der Waals surface area contributed by atoms with E-state index in [0.717, 1.165) is 25.3 Å². The van der Waals surface area contributed by atoms with E-state index >= 15 is 0 Å². The molecular weight excluding hydrogens is 186 g/mol. The van der Waals surface area contributed by atoms with Crippen LogP contribution in [0.5, 0.6) is 5.75 Å². The van der Waals surface area contributed by atoms with Crippen molar-refractivity contribution in [2.75, 3.05) is 20.2 Å².